The Kier molecular flexibility index (Phi) is 12.5. The summed E-state index contributed by atoms with van der Waals surface area (Å²) in [5.41, 5.74) is 3.37. The van der Waals surface area contributed by atoms with Gasteiger partial charge in [-0.3, -0.25) is 4.79 Å². The molecule has 0 radical (unpaired) electrons. The minimum absolute atomic E-state index is 0.0172. The molecule has 3 aliphatic heterocycles. The van der Waals surface area contributed by atoms with Gasteiger partial charge in [0.15, 0.2) is 6.29 Å². The van der Waals surface area contributed by atoms with Crippen LogP contribution in [0.15, 0.2) is 24.3 Å². The summed E-state index contributed by atoms with van der Waals surface area (Å²) >= 11 is -1.44. The number of nitrogens with zero attached hydrogens (tertiary/aromatic N) is 2. The first-order valence-corrected chi connectivity index (χ1v) is 11.5. The number of aromatic nitrogens is 2. The number of rotatable bonds is 2. The number of aliphatic hydroxyl groups excluding tert-OH is 1. The van der Waals surface area contributed by atoms with Crippen molar-refractivity contribution < 1.29 is 46.6 Å². The molecule has 10 heteroatoms. The van der Waals surface area contributed by atoms with E-state index in [-0.39, 0.29) is 6.61 Å². The maximum absolute atomic E-state index is 10.4. The van der Waals surface area contributed by atoms with Crippen molar-refractivity contribution in [3.63, 3.8) is 0 Å². The maximum atomic E-state index is 10.4. The van der Waals surface area contributed by atoms with Crippen molar-refractivity contribution in [1.82, 2.24) is 9.97 Å². The first-order valence-electron chi connectivity index (χ1n) is 10.5. The Morgan fingerprint density at radius 2 is 1.41 bits per heavy atom. The summed E-state index contributed by atoms with van der Waals surface area (Å²) in [5, 5.41) is 8.82. The van der Waals surface area contributed by atoms with E-state index in [0.717, 1.165) is 62.9 Å². The number of carbonyl (C=O) groups excluding carboxylic acids is 1. The molecule has 0 unspecified atom stereocenters. The molecule has 32 heavy (non-hydrogen) atoms. The second-order valence-electron chi connectivity index (χ2n) is 7.03. The van der Waals surface area contributed by atoms with Gasteiger partial charge < -0.3 is 19.3 Å². The van der Waals surface area contributed by atoms with E-state index in [1.54, 1.807) is 6.07 Å². The van der Waals surface area contributed by atoms with Crippen LogP contribution in [-0.4, -0.2) is 47.8 Å². The van der Waals surface area contributed by atoms with Gasteiger partial charge in [-0.2, -0.15) is 0 Å². The molecule has 9 nitrogen and oxygen atoms in total. The molecule has 1 saturated heterocycles. The van der Waals surface area contributed by atoms with E-state index >= 15 is 0 Å². The van der Waals surface area contributed by atoms with E-state index in [0.29, 0.717) is 29.8 Å². The van der Waals surface area contributed by atoms with E-state index in [4.69, 9.17) is 27.0 Å². The van der Waals surface area contributed by atoms with Crippen molar-refractivity contribution in [2.45, 2.75) is 45.1 Å². The van der Waals surface area contributed by atoms with E-state index in [1.165, 1.54) is 12.8 Å². The van der Waals surface area contributed by atoms with E-state index in [9.17, 15) is 4.79 Å². The molecule has 0 saturated carbocycles. The molecule has 0 aromatic carbocycles. The normalized spacial score (nSPS) is 15.3. The van der Waals surface area contributed by atoms with Crippen molar-refractivity contribution in [3.05, 3.63) is 46.8 Å². The Bertz CT molecular complexity index is 877. The number of hydrogen-bond donors (Lipinski definition) is 1. The first kappa shape index (κ1) is 25.9. The molecule has 5 heterocycles. The Morgan fingerprint density at radius 1 is 0.844 bits per heavy atom. The van der Waals surface area contributed by atoms with Gasteiger partial charge in [-0.15, -0.1) is 0 Å². The van der Waals surface area contributed by atoms with Crippen LogP contribution in [0.5, 0.6) is 11.8 Å². The Labute approximate surface area is 193 Å². The first-order chi connectivity index (χ1) is 15.7. The van der Waals surface area contributed by atoms with Crippen LogP contribution in [0.4, 0.5) is 0 Å². The predicted molar refractivity (Wildman–Crippen MR) is 109 cm³/mol. The third-order valence-corrected chi connectivity index (χ3v) is 4.73. The quantitative estimate of drug-likeness (QED) is 0.503. The molecule has 2 aromatic rings. The summed E-state index contributed by atoms with van der Waals surface area (Å²) in [6, 6.07) is 7.45. The zero-order valence-corrected chi connectivity index (χ0v) is 19.0. The molecular weight excluding hydrogens is 459 g/mol. The van der Waals surface area contributed by atoms with Gasteiger partial charge in [-0.1, -0.05) is 12.1 Å². The van der Waals surface area contributed by atoms with Crippen molar-refractivity contribution in [1.29, 1.82) is 0 Å². The van der Waals surface area contributed by atoms with Gasteiger partial charge >= 0.3 is 22.5 Å². The Hall–Kier alpha value is -2.39. The van der Waals surface area contributed by atoms with Gasteiger partial charge in [0.2, 0.25) is 11.8 Å². The fourth-order valence-corrected chi connectivity index (χ4v) is 3.15. The fourth-order valence-electron chi connectivity index (χ4n) is 3.15. The third-order valence-electron chi connectivity index (χ3n) is 4.73. The summed E-state index contributed by atoms with van der Waals surface area (Å²) in [4.78, 5) is 18.6. The summed E-state index contributed by atoms with van der Waals surface area (Å²) in [6.07, 6.45) is 7.43. The number of ether oxygens (including phenoxy) is 3. The molecule has 1 N–H and O–H groups in total. The molecule has 175 valence electrons. The van der Waals surface area contributed by atoms with Crippen LogP contribution in [0, 0.1) is 0 Å². The number of pyridine rings is 2. The van der Waals surface area contributed by atoms with E-state index in [2.05, 4.69) is 9.97 Å². The number of aryl methyl sites for hydroxylation is 2. The van der Waals surface area contributed by atoms with Crippen LogP contribution in [0.3, 0.4) is 0 Å². The number of aldehydes is 1. The fraction of sp³-hybridized carbons (Fsp3) is 0.500. The zero-order valence-electron chi connectivity index (χ0n) is 17.8. The topological polar surface area (TPSA) is 125 Å². The van der Waals surface area contributed by atoms with Gasteiger partial charge in [0.25, 0.3) is 0 Å². The molecule has 0 amide bonds. The second kappa shape index (κ2) is 15.4. The van der Waals surface area contributed by atoms with Gasteiger partial charge in [0, 0.05) is 24.3 Å². The molecule has 1 fully saturated rings. The standard InChI is InChI=1S/C9H11NO2.C9H9NO2.C4H8O.Mn.2O/c2*11-6-8-4-3-7-2-1-5-12-9(7)10-8;1-2-4-5-3-1;;;/h3-4,11H,1-2,5-6H2;3-4,6H,1-2,5H2;1-4H2;;;. The van der Waals surface area contributed by atoms with Crippen molar-refractivity contribution >= 4 is 6.29 Å². The van der Waals surface area contributed by atoms with Gasteiger partial charge in [0.05, 0.1) is 25.5 Å². The number of carbonyl (C=O) groups is 1. The number of hydrogen-bond acceptors (Lipinski definition) is 9. The van der Waals surface area contributed by atoms with E-state index < -0.39 is 14.8 Å². The molecule has 0 spiro atoms. The van der Waals surface area contributed by atoms with Gasteiger partial charge in [-0.05, 0) is 50.7 Å². The van der Waals surface area contributed by atoms with Crippen LogP contribution in [-0.2, 0) is 46.7 Å². The molecular formula is C22H28MnN2O7. The summed E-state index contributed by atoms with van der Waals surface area (Å²) in [5.74, 6) is 1.33. The average molecular weight is 487 g/mol. The third kappa shape index (κ3) is 9.00. The minimum atomic E-state index is -1.44. The second-order valence-corrected chi connectivity index (χ2v) is 7.23. The van der Waals surface area contributed by atoms with Crippen molar-refractivity contribution in [3.8, 4) is 11.8 Å². The zero-order chi connectivity index (χ0) is 23.0. The van der Waals surface area contributed by atoms with Gasteiger partial charge in [0.1, 0.15) is 5.69 Å². The number of fused-ring (bicyclic) bond motifs is 2. The Morgan fingerprint density at radius 3 is 1.91 bits per heavy atom. The summed E-state index contributed by atoms with van der Waals surface area (Å²) < 4.78 is 32.4. The molecule has 3 aliphatic rings. The molecule has 5 rings (SSSR count). The summed E-state index contributed by atoms with van der Waals surface area (Å²) in [7, 11) is 0. The van der Waals surface area contributed by atoms with Crippen molar-refractivity contribution in [2.24, 2.45) is 0 Å². The van der Waals surface area contributed by atoms with Gasteiger partial charge in [-0.25, -0.2) is 9.97 Å². The van der Waals surface area contributed by atoms with Crippen LogP contribution in [0.1, 0.15) is 53.0 Å². The molecule has 0 atom stereocenters. The van der Waals surface area contributed by atoms with E-state index in [1.807, 2.05) is 18.2 Å². The number of aliphatic hydroxyl groups is 1. The Balaban J connectivity index is 0.000000171. The van der Waals surface area contributed by atoms with Crippen LogP contribution in [0.2, 0.25) is 0 Å². The monoisotopic (exact) mass is 487 g/mol. The van der Waals surface area contributed by atoms with Crippen LogP contribution < -0.4 is 9.47 Å². The SMILES string of the molecule is C1CCOC1.O=Cc1ccc2c(n1)OCCC2.OCc1ccc2c(n1)OCCC2.[O]=[Mn]=[O]. The molecule has 0 aliphatic carbocycles. The molecule has 0 bridgehead atoms. The van der Waals surface area contributed by atoms with Crippen LogP contribution >= 0.6 is 0 Å². The van der Waals surface area contributed by atoms with Crippen molar-refractivity contribution in [2.75, 3.05) is 26.4 Å². The predicted octanol–water partition coefficient (Wildman–Crippen LogP) is 2.67. The van der Waals surface area contributed by atoms with Crippen LogP contribution in [0.25, 0.3) is 0 Å². The molecule has 2 aromatic heterocycles. The average Bonchev–Trinajstić information content (AvgIpc) is 3.45. The summed E-state index contributed by atoms with van der Waals surface area (Å²) in [6.45, 7) is 3.44.